The molecule has 24 heavy (non-hydrogen) atoms. The lowest BCUT2D eigenvalue weighted by molar-refractivity contribution is -0.164. The molecule has 138 valence electrons. The smallest absolute Gasteiger partial charge is 0.262 e. The van der Waals surface area contributed by atoms with Crippen LogP contribution in [0.25, 0.3) is 0 Å². The largest absolute Gasteiger partial charge is 0.383 e. The van der Waals surface area contributed by atoms with Gasteiger partial charge in [-0.15, -0.1) is 0 Å². The number of piperidine rings is 2. The highest BCUT2D eigenvalue weighted by Gasteiger charge is 2.58. The van der Waals surface area contributed by atoms with Crippen molar-refractivity contribution in [3.8, 4) is 0 Å². The number of amides is 1. The third kappa shape index (κ3) is 3.30. The van der Waals surface area contributed by atoms with Crippen molar-refractivity contribution in [2.24, 2.45) is 5.41 Å². The minimum absolute atomic E-state index is 0.121. The first kappa shape index (κ1) is 18.0. The van der Waals surface area contributed by atoms with E-state index < -0.39 is 39.6 Å². The van der Waals surface area contributed by atoms with Crippen molar-refractivity contribution in [2.45, 2.75) is 43.3 Å². The van der Waals surface area contributed by atoms with Crippen molar-refractivity contribution in [1.29, 1.82) is 0 Å². The number of alkyl halides is 2. The van der Waals surface area contributed by atoms with E-state index in [1.165, 1.54) is 12.0 Å². The fourth-order valence-electron chi connectivity index (χ4n) is 3.89. The van der Waals surface area contributed by atoms with E-state index in [1.807, 2.05) is 0 Å². The van der Waals surface area contributed by atoms with E-state index in [9.17, 15) is 22.0 Å². The third-order valence-electron chi connectivity index (χ3n) is 5.18. The van der Waals surface area contributed by atoms with Crippen molar-refractivity contribution in [2.75, 3.05) is 39.9 Å². The van der Waals surface area contributed by atoms with Crippen LogP contribution in [0.1, 0.15) is 32.1 Å². The van der Waals surface area contributed by atoms with Gasteiger partial charge in [0.25, 0.3) is 5.92 Å². The van der Waals surface area contributed by atoms with Gasteiger partial charge < -0.3 is 9.64 Å². The maximum Gasteiger partial charge on any atom is 0.262 e. The Labute approximate surface area is 141 Å². The molecule has 1 aliphatic carbocycles. The van der Waals surface area contributed by atoms with Crippen molar-refractivity contribution >= 4 is 15.9 Å². The zero-order chi connectivity index (χ0) is 17.6. The monoisotopic (exact) mass is 366 g/mol. The van der Waals surface area contributed by atoms with Crippen molar-refractivity contribution in [1.82, 2.24) is 9.21 Å². The van der Waals surface area contributed by atoms with Gasteiger partial charge in [-0.05, 0) is 25.7 Å². The summed E-state index contributed by atoms with van der Waals surface area (Å²) in [5.41, 5.74) is -1.31. The van der Waals surface area contributed by atoms with E-state index in [2.05, 4.69) is 0 Å². The van der Waals surface area contributed by atoms with E-state index in [-0.39, 0.29) is 12.5 Å². The average molecular weight is 366 g/mol. The molecular weight excluding hydrogens is 342 g/mol. The summed E-state index contributed by atoms with van der Waals surface area (Å²) >= 11 is 0. The molecule has 6 nitrogen and oxygen atoms in total. The number of rotatable bonds is 5. The predicted molar refractivity (Wildman–Crippen MR) is 83.2 cm³/mol. The summed E-state index contributed by atoms with van der Waals surface area (Å²) in [7, 11) is -2.22. The zero-order valence-electron chi connectivity index (χ0n) is 13.8. The van der Waals surface area contributed by atoms with Crippen LogP contribution in [0.3, 0.4) is 0 Å². The molecule has 0 bridgehead atoms. The summed E-state index contributed by atoms with van der Waals surface area (Å²) in [6.07, 6.45) is 1.38. The minimum Gasteiger partial charge on any atom is -0.383 e. The van der Waals surface area contributed by atoms with Crippen LogP contribution in [0.15, 0.2) is 0 Å². The molecule has 1 amide bonds. The van der Waals surface area contributed by atoms with Crippen LogP contribution in [0.5, 0.6) is 0 Å². The highest BCUT2D eigenvalue weighted by Crippen LogP contribution is 2.47. The molecule has 0 aromatic rings. The van der Waals surface area contributed by atoms with Crippen LogP contribution in [-0.2, 0) is 19.6 Å². The molecule has 1 saturated carbocycles. The van der Waals surface area contributed by atoms with Gasteiger partial charge in [-0.25, -0.2) is 17.2 Å². The molecule has 0 aromatic heterocycles. The lowest BCUT2D eigenvalue weighted by atomic mass is 9.72. The number of methoxy groups -OCH3 is 1. The second kappa shape index (κ2) is 6.17. The van der Waals surface area contributed by atoms with Crippen LogP contribution < -0.4 is 0 Å². The molecular formula is C15H24F2N2O4S. The topological polar surface area (TPSA) is 66.9 Å². The van der Waals surface area contributed by atoms with E-state index in [0.29, 0.717) is 45.4 Å². The summed E-state index contributed by atoms with van der Waals surface area (Å²) in [4.78, 5) is 14.4. The summed E-state index contributed by atoms with van der Waals surface area (Å²) in [6, 6.07) is 0. The van der Waals surface area contributed by atoms with Gasteiger partial charge in [0.2, 0.25) is 15.9 Å². The Morgan fingerprint density at radius 2 is 2.00 bits per heavy atom. The van der Waals surface area contributed by atoms with Crippen LogP contribution in [0, 0.1) is 5.41 Å². The van der Waals surface area contributed by atoms with Crippen LogP contribution in [0.4, 0.5) is 8.78 Å². The summed E-state index contributed by atoms with van der Waals surface area (Å²) in [6.45, 7) is 0.258. The maximum atomic E-state index is 14.3. The Hall–Kier alpha value is -0.800. The van der Waals surface area contributed by atoms with Gasteiger partial charge in [0.05, 0.1) is 23.8 Å². The first-order valence-electron chi connectivity index (χ1n) is 8.35. The van der Waals surface area contributed by atoms with Gasteiger partial charge in [0.15, 0.2) is 0 Å². The Balaban J connectivity index is 1.86. The van der Waals surface area contributed by atoms with Gasteiger partial charge in [-0.2, -0.15) is 4.31 Å². The first-order chi connectivity index (χ1) is 11.2. The lowest BCUT2D eigenvalue weighted by Crippen LogP contribution is -2.62. The summed E-state index contributed by atoms with van der Waals surface area (Å²) in [5.74, 6) is -3.54. The molecule has 1 unspecified atom stereocenters. The number of hydrogen-bond donors (Lipinski definition) is 0. The molecule has 3 fully saturated rings. The van der Waals surface area contributed by atoms with Crippen LogP contribution in [-0.4, -0.2) is 74.6 Å². The fourth-order valence-corrected chi connectivity index (χ4v) is 5.84. The van der Waals surface area contributed by atoms with Crippen LogP contribution >= 0.6 is 0 Å². The predicted octanol–water partition coefficient (Wildman–Crippen LogP) is 1.07. The SMILES string of the molecule is COCCN1CCCC2(CN(S(=O)(=O)C3CC3)CC(F)(F)C2)C1=O. The molecule has 1 atom stereocenters. The fraction of sp³-hybridized carbons (Fsp3) is 0.933. The van der Waals surface area contributed by atoms with E-state index in [1.54, 1.807) is 0 Å². The summed E-state index contributed by atoms with van der Waals surface area (Å²) < 4.78 is 59.5. The Morgan fingerprint density at radius 1 is 1.29 bits per heavy atom. The highest BCUT2D eigenvalue weighted by molar-refractivity contribution is 7.90. The number of halogens is 2. The standard InChI is InChI=1S/C15H24F2N2O4S/c1-23-8-7-18-6-2-5-14(13(18)20)9-15(16,17)11-19(10-14)24(21,22)12-3-4-12/h12H,2-11H2,1H3. The van der Waals surface area contributed by atoms with E-state index in [0.717, 1.165) is 4.31 Å². The van der Waals surface area contributed by atoms with Gasteiger partial charge in [-0.3, -0.25) is 4.79 Å². The van der Waals surface area contributed by atoms with Gasteiger partial charge >= 0.3 is 0 Å². The normalized spacial score (nSPS) is 31.6. The van der Waals surface area contributed by atoms with E-state index in [4.69, 9.17) is 4.74 Å². The van der Waals surface area contributed by atoms with Crippen molar-refractivity contribution in [3.63, 3.8) is 0 Å². The Morgan fingerprint density at radius 3 is 2.62 bits per heavy atom. The molecule has 2 saturated heterocycles. The number of carbonyl (C=O) groups excluding carboxylic acids is 1. The van der Waals surface area contributed by atoms with Gasteiger partial charge in [-0.1, -0.05) is 0 Å². The molecule has 0 aromatic carbocycles. The van der Waals surface area contributed by atoms with Crippen LogP contribution in [0.2, 0.25) is 0 Å². The second-order valence-electron chi connectivity index (χ2n) is 7.21. The molecule has 2 heterocycles. The molecule has 0 radical (unpaired) electrons. The van der Waals surface area contributed by atoms with Gasteiger partial charge in [0, 0.05) is 33.2 Å². The van der Waals surface area contributed by atoms with E-state index >= 15 is 0 Å². The van der Waals surface area contributed by atoms with Crippen molar-refractivity contribution in [3.05, 3.63) is 0 Å². The number of likely N-dealkylation sites (tertiary alicyclic amines) is 1. The lowest BCUT2D eigenvalue weighted by Gasteiger charge is -2.48. The summed E-state index contributed by atoms with van der Waals surface area (Å²) in [5, 5.41) is -0.549. The highest BCUT2D eigenvalue weighted by atomic mass is 32.2. The molecule has 0 N–H and O–H groups in total. The molecule has 3 rings (SSSR count). The maximum absolute atomic E-state index is 14.3. The molecule has 2 aliphatic heterocycles. The second-order valence-corrected chi connectivity index (χ2v) is 9.43. The number of carbonyl (C=O) groups is 1. The number of hydrogen-bond acceptors (Lipinski definition) is 4. The quantitative estimate of drug-likeness (QED) is 0.730. The molecule has 1 spiro atoms. The molecule has 9 heteroatoms. The number of ether oxygens (including phenoxy) is 1. The Bertz CT molecular complexity index is 609. The first-order valence-corrected chi connectivity index (χ1v) is 9.86. The zero-order valence-corrected chi connectivity index (χ0v) is 14.7. The Kier molecular flexibility index (Phi) is 4.63. The van der Waals surface area contributed by atoms with Crippen molar-refractivity contribution < 1.29 is 26.7 Å². The number of nitrogens with zero attached hydrogens (tertiary/aromatic N) is 2. The number of sulfonamides is 1. The van der Waals surface area contributed by atoms with Gasteiger partial charge in [0.1, 0.15) is 0 Å². The average Bonchev–Trinajstić information content (AvgIpc) is 3.32. The molecule has 3 aliphatic rings. The minimum atomic E-state index is -3.74. The third-order valence-corrected chi connectivity index (χ3v) is 7.47.